The molecule has 5 atom stereocenters. The lowest BCUT2D eigenvalue weighted by atomic mass is 9.79. The summed E-state index contributed by atoms with van der Waals surface area (Å²) in [7, 11) is 0. The maximum Gasteiger partial charge on any atom is 0.306 e. The van der Waals surface area contributed by atoms with E-state index in [1.807, 2.05) is 0 Å². The van der Waals surface area contributed by atoms with E-state index in [1.54, 1.807) is 0 Å². The summed E-state index contributed by atoms with van der Waals surface area (Å²) in [5.41, 5.74) is 0. The van der Waals surface area contributed by atoms with Gasteiger partial charge in [-0.2, -0.15) is 0 Å². The van der Waals surface area contributed by atoms with Crippen molar-refractivity contribution in [2.45, 2.75) is 12.8 Å². The van der Waals surface area contributed by atoms with Crippen molar-refractivity contribution in [3.8, 4) is 0 Å². The van der Waals surface area contributed by atoms with Crippen LogP contribution in [0, 0.1) is 29.6 Å². The van der Waals surface area contributed by atoms with E-state index in [1.165, 1.54) is 6.42 Å². The average molecular weight is 138 g/mol. The number of hydrogen-bond donors (Lipinski definition) is 1. The van der Waals surface area contributed by atoms with Gasteiger partial charge >= 0.3 is 5.97 Å². The summed E-state index contributed by atoms with van der Waals surface area (Å²) in [4.78, 5) is 10.6. The predicted octanol–water partition coefficient (Wildman–Crippen LogP) is 0.973. The number of fused-ring (bicyclic) bond motifs is 1. The van der Waals surface area contributed by atoms with E-state index in [4.69, 9.17) is 5.11 Å². The van der Waals surface area contributed by atoms with E-state index in [-0.39, 0.29) is 5.92 Å². The molecule has 0 aliphatic heterocycles. The van der Waals surface area contributed by atoms with Crippen LogP contribution in [0.25, 0.3) is 0 Å². The molecule has 3 saturated carbocycles. The second-order valence-corrected chi connectivity index (χ2v) is 3.99. The molecule has 0 aromatic heterocycles. The Morgan fingerprint density at radius 3 is 2.40 bits per heavy atom. The van der Waals surface area contributed by atoms with Crippen molar-refractivity contribution in [3.63, 3.8) is 0 Å². The molecule has 10 heavy (non-hydrogen) atoms. The molecule has 3 aliphatic carbocycles. The Kier molecular flexibility index (Phi) is 0.644. The Hall–Kier alpha value is -0.530. The molecule has 0 aromatic rings. The zero-order valence-corrected chi connectivity index (χ0v) is 5.66. The van der Waals surface area contributed by atoms with Crippen LogP contribution in [0.1, 0.15) is 12.8 Å². The summed E-state index contributed by atoms with van der Waals surface area (Å²) >= 11 is 0. The normalized spacial score (nSPS) is 61.0. The highest BCUT2D eigenvalue weighted by Crippen LogP contribution is 2.74. The van der Waals surface area contributed by atoms with Crippen molar-refractivity contribution in [3.05, 3.63) is 0 Å². The smallest absolute Gasteiger partial charge is 0.306 e. The first-order chi connectivity index (χ1) is 4.79. The van der Waals surface area contributed by atoms with Gasteiger partial charge in [0.05, 0.1) is 5.92 Å². The van der Waals surface area contributed by atoms with Crippen molar-refractivity contribution in [1.82, 2.24) is 0 Å². The molecule has 0 radical (unpaired) electrons. The molecule has 3 rings (SSSR count). The SMILES string of the molecule is O=C(O)C1CC2CC3C2C13. The lowest BCUT2D eigenvalue weighted by molar-refractivity contribution is -0.143. The molecule has 54 valence electrons. The van der Waals surface area contributed by atoms with Gasteiger partial charge < -0.3 is 5.11 Å². The number of carboxylic acid groups (broad SMARTS) is 1. The Morgan fingerprint density at radius 2 is 2.10 bits per heavy atom. The van der Waals surface area contributed by atoms with Gasteiger partial charge in [0.2, 0.25) is 0 Å². The predicted molar refractivity (Wildman–Crippen MR) is 34.3 cm³/mol. The zero-order valence-electron chi connectivity index (χ0n) is 5.66. The maximum atomic E-state index is 10.6. The van der Waals surface area contributed by atoms with Gasteiger partial charge in [-0.1, -0.05) is 0 Å². The van der Waals surface area contributed by atoms with Gasteiger partial charge in [-0.25, -0.2) is 0 Å². The van der Waals surface area contributed by atoms with Crippen LogP contribution in [0.4, 0.5) is 0 Å². The number of carbonyl (C=O) groups is 1. The third kappa shape index (κ3) is 0.360. The number of carboxylic acids is 1. The second-order valence-electron chi connectivity index (χ2n) is 3.99. The van der Waals surface area contributed by atoms with Crippen LogP contribution in [0.5, 0.6) is 0 Å². The minimum absolute atomic E-state index is 0.0498. The number of rotatable bonds is 1. The minimum atomic E-state index is -0.542. The molecule has 0 spiro atoms. The van der Waals surface area contributed by atoms with Crippen LogP contribution in [-0.4, -0.2) is 11.1 Å². The first kappa shape index (κ1) is 5.16. The zero-order chi connectivity index (χ0) is 6.88. The molecule has 0 aromatic carbocycles. The molecular weight excluding hydrogens is 128 g/mol. The molecule has 1 N–H and O–H groups in total. The highest BCUT2D eigenvalue weighted by Gasteiger charge is 2.71. The fourth-order valence-corrected chi connectivity index (χ4v) is 3.29. The molecular formula is C8H10O2. The maximum absolute atomic E-state index is 10.6. The van der Waals surface area contributed by atoms with Gasteiger partial charge in [0, 0.05) is 0 Å². The average Bonchev–Trinajstić information content (AvgIpc) is 2.28. The van der Waals surface area contributed by atoms with Gasteiger partial charge in [-0.15, -0.1) is 0 Å². The molecule has 0 saturated heterocycles. The van der Waals surface area contributed by atoms with E-state index < -0.39 is 5.97 Å². The van der Waals surface area contributed by atoms with Gasteiger partial charge in [-0.05, 0) is 36.5 Å². The quantitative estimate of drug-likeness (QED) is 0.586. The third-order valence-electron chi connectivity index (χ3n) is 3.75. The highest BCUT2D eigenvalue weighted by atomic mass is 16.4. The largest absolute Gasteiger partial charge is 0.481 e. The Bertz CT molecular complexity index is 211. The van der Waals surface area contributed by atoms with E-state index in [0.29, 0.717) is 5.92 Å². The summed E-state index contributed by atoms with van der Waals surface area (Å²) in [5.74, 6) is 2.65. The van der Waals surface area contributed by atoms with Crippen molar-refractivity contribution in [2.24, 2.45) is 29.6 Å². The summed E-state index contributed by atoms with van der Waals surface area (Å²) in [6.07, 6.45) is 2.33. The number of hydrogen-bond acceptors (Lipinski definition) is 1. The third-order valence-corrected chi connectivity index (χ3v) is 3.75. The lowest BCUT2D eigenvalue weighted by Gasteiger charge is -2.26. The standard InChI is InChI=1S/C8H10O2/c9-8(10)5-2-3-1-4-6(3)7(4)5/h3-7H,1-2H2,(H,9,10). The van der Waals surface area contributed by atoms with E-state index in [9.17, 15) is 4.79 Å². The van der Waals surface area contributed by atoms with Gasteiger partial charge in [0.25, 0.3) is 0 Å². The van der Waals surface area contributed by atoms with Crippen molar-refractivity contribution in [2.75, 3.05) is 0 Å². The second kappa shape index (κ2) is 1.25. The minimum Gasteiger partial charge on any atom is -0.481 e. The fraction of sp³-hybridized carbons (Fsp3) is 0.875. The van der Waals surface area contributed by atoms with Gasteiger partial charge in [0.15, 0.2) is 0 Å². The van der Waals surface area contributed by atoms with Crippen molar-refractivity contribution in [1.29, 1.82) is 0 Å². The van der Waals surface area contributed by atoms with Crippen LogP contribution in [-0.2, 0) is 4.79 Å². The molecule has 2 nitrogen and oxygen atoms in total. The van der Waals surface area contributed by atoms with Gasteiger partial charge in [-0.3, -0.25) is 4.79 Å². The molecule has 3 fully saturated rings. The summed E-state index contributed by atoms with van der Waals surface area (Å²) in [6, 6.07) is 0. The fourth-order valence-electron chi connectivity index (χ4n) is 3.29. The molecule has 3 aliphatic rings. The van der Waals surface area contributed by atoms with Crippen LogP contribution >= 0.6 is 0 Å². The first-order valence-corrected chi connectivity index (χ1v) is 4.02. The van der Waals surface area contributed by atoms with E-state index in [2.05, 4.69) is 0 Å². The summed E-state index contributed by atoms with van der Waals surface area (Å²) < 4.78 is 0. The summed E-state index contributed by atoms with van der Waals surface area (Å²) in [5, 5.41) is 8.75. The Balaban J connectivity index is 1.87. The molecule has 0 amide bonds. The highest BCUT2D eigenvalue weighted by molar-refractivity contribution is 5.72. The van der Waals surface area contributed by atoms with Crippen LogP contribution in [0.2, 0.25) is 0 Å². The van der Waals surface area contributed by atoms with Crippen molar-refractivity contribution >= 4 is 5.97 Å². The summed E-state index contributed by atoms with van der Waals surface area (Å²) in [6.45, 7) is 0. The first-order valence-electron chi connectivity index (χ1n) is 4.02. The molecule has 5 unspecified atom stereocenters. The van der Waals surface area contributed by atoms with E-state index in [0.717, 1.165) is 24.2 Å². The van der Waals surface area contributed by atoms with Crippen molar-refractivity contribution < 1.29 is 9.90 Å². The Labute approximate surface area is 59.2 Å². The molecule has 2 heteroatoms. The topological polar surface area (TPSA) is 37.3 Å². The monoisotopic (exact) mass is 138 g/mol. The molecule has 0 bridgehead atoms. The van der Waals surface area contributed by atoms with Crippen LogP contribution < -0.4 is 0 Å². The van der Waals surface area contributed by atoms with E-state index >= 15 is 0 Å². The lowest BCUT2D eigenvalue weighted by Crippen LogP contribution is -2.23. The van der Waals surface area contributed by atoms with Gasteiger partial charge in [0.1, 0.15) is 0 Å². The van der Waals surface area contributed by atoms with Crippen LogP contribution in [0.15, 0.2) is 0 Å². The Morgan fingerprint density at radius 1 is 1.30 bits per heavy atom. The van der Waals surface area contributed by atoms with Crippen LogP contribution in [0.3, 0.4) is 0 Å². The molecule has 0 heterocycles. The number of aliphatic carboxylic acids is 1.